The molecule has 0 saturated carbocycles. The third-order valence-corrected chi connectivity index (χ3v) is 7.26. The molecule has 4 nitrogen and oxygen atoms in total. The van der Waals surface area contributed by atoms with Gasteiger partial charge in [-0.15, -0.1) is 23.7 Å². The molecule has 1 atom stereocenters. The first-order valence-electron chi connectivity index (χ1n) is 6.44. The molecule has 1 saturated heterocycles. The van der Waals surface area contributed by atoms with Crippen molar-refractivity contribution in [2.24, 2.45) is 5.73 Å². The summed E-state index contributed by atoms with van der Waals surface area (Å²) in [4.78, 5) is 1.28. The number of sulfonamides is 1. The maximum atomic E-state index is 12.8. The first-order valence-corrected chi connectivity index (χ1v) is 9.49. The Kier molecular flexibility index (Phi) is 6.95. The summed E-state index contributed by atoms with van der Waals surface area (Å²) < 4.78 is 28.1. The summed E-state index contributed by atoms with van der Waals surface area (Å²) >= 11 is 4.82. The minimum Gasteiger partial charge on any atom is -0.330 e. The molecular weight excluding hydrogens is 384 g/mol. The summed E-state index contributed by atoms with van der Waals surface area (Å²) in [7, 11) is -3.39. The Balaban J connectivity index is 0.00000200. The molecule has 1 aromatic rings. The van der Waals surface area contributed by atoms with E-state index in [1.165, 1.54) is 11.3 Å². The van der Waals surface area contributed by atoms with Crippen molar-refractivity contribution in [3.8, 4) is 0 Å². The van der Waals surface area contributed by atoms with Crippen molar-refractivity contribution in [3.05, 3.63) is 14.7 Å². The quantitative estimate of drug-likeness (QED) is 0.840. The van der Waals surface area contributed by atoms with Gasteiger partial charge in [-0.05, 0) is 54.7 Å². The third kappa shape index (κ3) is 3.75. The van der Waals surface area contributed by atoms with Crippen LogP contribution in [-0.2, 0) is 10.0 Å². The minimum atomic E-state index is -3.39. The standard InChI is InChI=1S/C12H19BrN2O2S2.ClH/c1-9-11(8-12(13)18-9)19(16,17)15-7-3-2-4-10(15)5-6-14;/h8,10H,2-7,14H2,1H3;1H. The lowest BCUT2D eigenvalue weighted by Crippen LogP contribution is -2.44. The van der Waals surface area contributed by atoms with Gasteiger partial charge in [0.1, 0.15) is 0 Å². The lowest BCUT2D eigenvalue weighted by molar-refractivity contribution is 0.243. The summed E-state index contributed by atoms with van der Waals surface area (Å²) in [5.74, 6) is 0. The van der Waals surface area contributed by atoms with Crippen LogP contribution >= 0.6 is 39.7 Å². The van der Waals surface area contributed by atoms with Gasteiger partial charge in [0.05, 0.1) is 8.68 Å². The van der Waals surface area contributed by atoms with Crippen LogP contribution in [0.25, 0.3) is 0 Å². The Hall–Kier alpha value is 0.340. The molecule has 1 aliphatic heterocycles. The summed E-state index contributed by atoms with van der Waals surface area (Å²) in [5, 5.41) is 0. The van der Waals surface area contributed by atoms with E-state index in [0.717, 1.165) is 34.3 Å². The topological polar surface area (TPSA) is 63.4 Å². The Morgan fingerprint density at radius 3 is 2.75 bits per heavy atom. The van der Waals surface area contributed by atoms with Crippen LogP contribution in [0, 0.1) is 6.92 Å². The van der Waals surface area contributed by atoms with Gasteiger partial charge in [0.2, 0.25) is 10.0 Å². The number of halogens is 2. The van der Waals surface area contributed by atoms with Crippen LogP contribution < -0.4 is 5.73 Å². The molecule has 0 bridgehead atoms. The molecule has 8 heteroatoms. The van der Waals surface area contributed by atoms with Crippen LogP contribution in [0.3, 0.4) is 0 Å². The van der Waals surface area contributed by atoms with E-state index < -0.39 is 10.0 Å². The van der Waals surface area contributed by atoms with E-state index in [0.29, 0.717) is 18.0 Å². The van der Waals surface area contributed by atoms with Crippen LogP contribution in [0.15, 0.2) is 14.7 Å². The van der Waals surface area contributed by atoms with Crippen molar-refractivity contribution in [3.63, 3.8) is 0 Å². The maximum Gasteiger partial charge on any atom is 0.244 e. The molecule has 1 fully saturated rings. The zero-order valence-electron chi connectivity index (χ0n) is 11.3. The van der Waals surface area contributed by atoms with Crippen molar-refractivity contribution in [1.82, 2.24) is 4.31 Å². The lowest BCUT2D eigenvalue weighted by Gasteiger charge is -2.34. The van der Waals surface area contributed by atoms with Crippen molar-refractivity contribution < 1.29 is 8.42 Å². The summed E-state index contributed by atoms with van der Waals surface area (Å²) in [5.41, 5.74) is 5.61. The number of aryl methyl sites for hydroxylation is 1. The lowest BCUT2D eigenvalue weighted by atomic mass is 10.0. The van der Waals surface area contributed by atoms with Crippen LogP contribution in [0.5, 0.6) is 0 Å². The smallest absolute Gasteiger partial charge is 0.244 e. The molecule has 2 N–H and O–H groups in total. The van der Waals surface area contributed by atoms with Crippen molar-refractivity contribution in [2.45, 2.75) is 43.5 Å². The van der Waals surface area contributed by atoms with Gasteiger partial charge >= 0.3 is 0 Å². The highest BCUT2D eigenvalue weighted by molar-refractivity contribution is 9.11. The van der Waals surface area contributed by atoms with Gasteiger partial charge in [0.15, 0.2) is 0 Å². The number of nitrogens with zero attached hydrogens (tertiary/aromatic N) is 1. The van der Waals surface area contributed by atoms with E-state index in [1.807, 2.05) is 6.92 Å². The molecule has 2 heterocycles. The SMILES string of the molecule is Cc1sc(Br)cc1S(=O)(=O)N1CCCCC1CCN.Cl. The van der Waals surface area contributed by atoms with Gasteiger partial charge in [0.25, 0.3) is 0 Å². The van der Waals surface area contributed by atoms with Gasteiger partial charge in [-0.3, -0.25) is 0 Å². The summed E-state index contributed by atoms with van der Waals surface area (Å²) in [6.07, 6.45) is 3.68. The molecule has 1 unspecified atom stereocenters. The number of piperidine rings is 1. The largest absolute Gasteiger partial charge is 0.330 e. The molecule has 0 radical (unpaired) electrons. The molecule has 116 valence electrons. The maximum absolute atomic E-state index is 12.8. The Labute approximate surface area is 139 Å². The van der Waals surface area contributed by atoms with E-state index in [9.17, 15) is 8.42 Å². The van der Waals surface area contributed by atoms with Gasteiger partial charge in [0, 0.05) is 17.5 Å². The Bertz CT molecular complexity index is 546. The number of hydrogen-bond donors (Lipinski definition) is 1. The highest BCUT2D eigenvalue weighted by Gasteiger charge is 2.34. The van der Waals surface area contributed by atoms with E-state index in [-0.39, 0.29) is 18.4 Å². The molecule has 20 heavy (non-hydrogen) atoms. The van der Waals surface area contributed by atoms with Crippen molar-refractivity contribution in [2.75, 3.05) is 13.1 Å². The van der Waals surface area contributed by atoms with E-state index >= 15 is 0 Å². The van der Waals surface area contributed by atoms with Crippen LogP contribution in [0.4, 0.5) is 0 Å². The molecule has 1 aliphatic rings. The van der Waals surface area contributed by atoms with Gasteiger partial charge in [-0.25, -0.2) is 8.42 Å². The number of thiophene rings is 1. The Morgan fingerprint density at radius 2 is 2.20 bits per heavy atom. The number of nitrogens with two attached hydrogens (primary N) is 1. The second-order valence-corrected chi connectivity index (χ2v) is 9.31. The van der Waals surface area contributed by atoms with E-state index in [2.05, 4.69) is 15.9 Å². The first-order chi connectivity index (χ1) is 8.96. The molecule has 0 spiro atoms. The van der Waals surface area contributed by atoms with Crippen molar-refractivity contribution in [1.29, 1.82) is 0 Å². The van der Waals surface area contributed by atoms with Gasteiger partial charge in [-0.1, -0.05) is 6.42 Å². The fourth-order valence-electron chi connectivity index (χ4n) is 2.58. The number of rotatable bonds is 4. The van der Waals surface area contributed by atoms with Gasteiger partial charge in [-0.2, -0.15) is 4.31 Å². The normalized spacial score (nSPS) is 20.6. The summed E-state index contributed by atoms with van der Waals surface area (Å²) in [6.45, 7) is 2.99. The predicted octanol–water partition coefficient (Wildman–Crippen LogP) is 3.13. The molecule has 1 aromatic heterocycles. The molecule has 0 amide bonds. The van der Waals surface area contributed by atoms with E-state index in [1.54, 1.807) is 10.4 Å². The molecule has 2 rings (SSSR count). The summed E-state index contributed by atoms with van der Waals surface area (Å²) in [6, 6.07) is 1.77. The second-order valence-electron chi connectivity index (χ2n) is 4.81. The second kappa shape index (κ2) is 7.56. The zero-order valence-corrected chi connectivity index (χ0v) is 15.4. The van der Waals surface area contributed by atoms with Crippen LogP contribution in [0.1, 0.15) is 30.6 Å². The average Bonchev–Trinajstić information content (AvgIpc) is 2.70. The average molecular weight is 404 g/mol. The van der Waals surface area contributed by atoms with Crippen LogP contribution in [-0.4, -0.2) is 31.9 Å². The monoisotopic (exact) mass is 402 g/mol. The molecule has 0 aromatic carbocycles. The fourth-order valence-corrected chi connectivity index (χ4v) is 6.69. The highest BCUT2D eigenvalue weighted by atomic mass is 79.9. The zero-order chi connectivity index (χ0) is 14.0. The molecule has 0 aliphatic carbocycles. The first kappa shape index (κ1) is 18.4. The van der Waals surface area contributed by atoms with E-state index in [4.69, 9.17) is 5.73 Å². The van der Waals surface area contributed by atoms with Gasteiger partial charge < -0.3 is 5.73 Å². The van der Waals surface area contributed by atoms with Crippen LogP contribution in [0.2, 0.25) is 0 Å². The highest BCUT2D eigenvalue weighted by Crippen LogP contribution is 2.34. The van der Waals surface area contributed by atoms with Crippen molar-refractivity contribution >= 4 is 49.7 Å². The Morgan fingerprint density at radius 1 is 1.50 bits per heavy atom. The fraction of sp³-hybridized carbons (Fsp3) is 0.667. The molecular formula is C12H20BrClN2O2S2. The number of hydrogen-bond acceptors (Lipinski definition) is 4. The predicted molar refractivity (Wildman–Crippen MR) is 89.2 cm³/mol. The third-order valence-electron chi connectivity index (χ3n) is 3.50. The minimum absolute atomic E-state index is 0.